The molecule has 0 fully saturated rings. The van der Waals surface area contributed by atoms with Gasteiger partial charge in [0, 0.05) is 16.7 Å². The van der Waals surface area contributed by atoms with Gasteiger partial charge in [-0.3, -0.25) is 9.59 Å². The minimum absolute atomic E-state index is 0.125. The average Bonchev–Trinajstić information content (AvgIpc) is 3.01. The third kappa shape index (κ3) is 4.23. The number of halogens is 1. The molecule has 0 spiro atoms. The van der Waals surface area contributed by atoms with E-state index in [1.54, 1.807) is 48.5 Å². The molecule has 0 unspecified atom stereocenters. The minimum atomic E-state index is -0.176. The maximum atomic E-state index is 12.6. The van der Waals surface area contributed by atoms with Gasteiger partial charge in [0.1, 0.15) is 11.5 Å². The second-order valence-electron chi connectivity index (χ2n) is 6.73. The summed E-state index contributed by atoms with van der Waals surface area (Å²) in [5, 5.41) is 0.567. The van der Waals surface area contributed by atoms with Gasteiger partial charge in [0.05, 0.1) is 5.56 Å². The number of aryl methyl sites for hydroxylation is 1. The molecule has 1 aliphatic heterocycles. The van der Waals surface area contributed by atoms with Gasteiger partial charge in [-0.1, -0.05) is 41.4 Å². The van der Waals surface area contributed by atoms with E-state index in [1.807, 2.05) is 31.2 Å². The smallest absolute Gasteiger partial charge is 0.231 e. The van der Waals surface area contributed by atoms with Gasteiger partial charge in [-0.25, -0.2) is 0 Å². The lowest BCUT2D eigenvalue weighted by atomic mass is 10.1. The number of allylic oxidation sites excluding steroid dienone is 1. The zero-order chi connectivity index (χ0) is 20.4. The molecule has 0 saturated heterocycles. The molecule has 0 aliphatic carbocycles. The van der Waals surface area contributed by atoms with Gasteiger partial charge in [0.25, 0.3) is 0 Å². The number of hydrogen-bond acceptors (Lipinski definition) is 4. The number of ether oxygens (including phenoxy) is 2. The number of carbonyl (C=O) groups is 2. The first-order chi connectivity index (χ1) is 14.0. The molecule has 5 heteroatoms. The monoisotopic (exact) mass is 404 g/mol. The fraction of sp³-hybridized carbons (Fsp3) is 0.0833. The zero-order valence-corrected chi connectivity index (χ0v) is 16.4. The molecule has 0 radical (unpaired) electrons. The molecule has 3 aromatic carbocycles. The quantitative estimate of drug-likeness (QED) is 0.414. The number of hydrogen-bond donors (Lipinski definition) is 0. The first-order valence-electron chi connectivity index (χ1n) is 9.06. The van der Waals surface area contributed by atoms with Crippen LogP contribution in [0.2, 0.25) is 5.02 Å². The number of carbonyl (C=O) groups excluding carboxylic acids is 2. The lowest BCUT2D eigenvalue weighted by molar-refractivity contribution is 0.0921. The number of ketones is 2. The van der Waals surface area contributed by atoms with Crippen LogP contribution in [0.3, 0.4) is 0 Å². The van der Waals surface area contributed by atoms with Crippen molar-refractivity contribution in [3.8, 4) is 11.5 Å². The standard InChI is InChI=1S/C24H17ClO4/c1-15-3-2-4-16(11-15)12-23-24(27)20-10-9-19(13-22(20)29-23)28-14-21(26)17-5-7-18(25)8-6-17/h2-13H,14H2,1H3. The molecule has 0 saturated carbocycles. The van der Waals surface area contributed by atoms with Crippen molar-refractivity contribution in [3.63, 3.8) is 0 Å². The Morgan fingerprint density at radius 3 is 2.62 bits per heavy atom. The zero-order valence-electron chi connectivity index (χ0n) is 15.6. The fourth-order valence-corrected chi connectivity index (χ4v) is 3.16. The van der Waals surface area contributed by atoms with Gasteiger partial charge in [-0.15, -0.1) is 0 Å². The molecule has 0 aromatic heterocycles. The summed E-state index contributed by atoms with van der Waals surface area (Å²) in [6.45, 7) is 1.86. The van der Waals surface area contributed by atoms with Crippen molar-refractivity contribution in [1.29, 1.82) is 0 Å². The van der Waals surface area contributed by atoms with Crippen LogP contribution in [0.5, 0.6) is 11.5 Å². The molecule has 4 rings (SSSR count). The Bertz CT molecular complexity index is 1130. The highest BCUT2D eigenvalue weighted by Crippen LogP contribution is 2.35. The predicted octanol–water partition coefficient (Wildman–Crippen LogP) is 5.53. The lowest BCUT2D eigenvalue weighted by Gasteiger charge is -2.07. The molecule has 29 heavy (non-hydrogen) atoms. The topological polar surface area (TPSA) is 52.6 Å². The molecule has 0 atom stereocenters. The molecule has 0 amide bonds. The Morgan fingerprint density at radius 2 is 1.86 bits per heavy atom. The van der Waals surface area contributed by atoms with Crippen molar-refractivity contribution in [3.05, 3.63) is 99.8 Å². The third-order valence-corrected chi connectivity index (χ3v) is 4.77. The van der Waals surface area contributed by atoms with Crippen molar-refractivity contribution < 1.29 is 19.1 Å². The van der Waals surface area contributed by atoms with Crippen LogP contribution < -0.4 is 9.47 Å². The molecule has 0 bridgehead atoms. The normalized spacial score (nSPS) is 13.9. The second-order valence-corrected chi connectivity index (χ2v) is 7.17. The number of benzene rings is 3. The van der Waals surface area contributed by atoms with E-state index in [9.17, 15) is 9.59 Å². The van der Waals surface area contributed by atoms with Crippen LogP contribution in [-0.4, -0.2) is 18.2 Å². The Morgan fingerprint density at radius 1 is 1.07 bits per heavy atom. The van der Waals surface area contributed by atoms with Crippen molar-refractivity contribution in [2.45, 2.75) is 6.92 Å². The lowest BCUT2D eigenvalue weighted by Crippen LogP contribution is -2.11. The van der Waals surface area contributed by atoms with Crippen molar-refractivity contribution >= 4 is 29.2 Å². The van der Waals surface area contributed by atoms with E-state index in [0.717, 1.165) is 11.1 Å². The minimum Gasteiger partial charge on any atom is -0.485 e. The van der Waals surface area contributed by atoms with Gasteiger partial charge in [0.15, 0.2) is 18.1 Å². The second kappa shape index (κ2) is 7.94. The number of fused-ring (bicyclic) bond motifs is 1. The highest BCUT2D eigenvalue weighted by atomic mass is 35.5. The molecule has 144 valence electrons. The van der Waals surface area contributed by atoms with Crippen LogP contribution in [-0.2, 0) is 0 Å². The van der Waals surface area contributed by atoms with E-state index in [-0.39, 0.29) is 23.9 Å². The Hall–Kier alpha value is -3.37. The Labute approximate surface area is 173 Å². The van der Waals surface area contributed by atoms with Crippen LogP contribution in [0.1, 0.15) is 31.8 Å². The fourth-order valence-electron chi connectivity index (χ4n) is 3.04. The van der Waals surface area contributed by atoms with Gasteiger partial charge < -0.3 is 9.47 Å². The Balaban J connectivity index is 1.47. The first kappa shape index (κ1) is 19.0. The SMILES string of the molecule is Cc1cccc(C=C2Oc3cc(OCC(=O)c4ccc(Cl)cc4)ccc3C2=O)c1. The first-order valence-corrected chi connectivity index (χ1v) is 9.44. The van der Waals surface area contributed by atoms with Crippen molar-refractivity contribution in [2.24, 2.45) is 0 Å². The van der Waals surface area contributed by atoms with E-state index in [4.69, 9.17) is 21.1 Å². The maximum absolute atomic E-state index is 12.6. The largest absolute Gasteiger partial charge is 0.485 e. The molecular formula is C24H17ClO4. The van der Waals surface area contributed by atoms with Gasteiger partial charge in [0.2, 0.25) is 5.78 Å². The van der Waals surface area contributed by atoms with Gasteiger partial charge in [-0.2, -0.15) is 0 Å². The summed E-state index contributed by atoms with van der Waals surface area (Å²) in [6, 6.07) is 19.4. The van der Waals surface area contributed by atoms with Crippen LogP contribution in [0.25, 0.3) is 6.08 Å². The van der Waals surface area contributed by atoms with E-state index in [1.165, 1.54) is 0 Å². The van der Waals surface area contributed by atoms with E-state index in [0.29, 0.717) is 27.6 Å². The molecule has 3 aromatic rings. The maximum Gasteiger partial charge on any atom is 0.231 e. The van der Waals surface area contributed by atoms with Crippen LogP contribution in [0.4, 0.5) is 0 Å². The summed E-state index contributed by atoms with van der Waals surface area (Å²) in [7, 11) is 0. The molecule has 1 heterocycles. The summed E-state index contributed by atoms with van der Waals surface area (Å²) < 4.78 is 11.3. The van der Waals surface area contributed by atoms with Crippen LogP contribution in [0.15, 0.2) is 72.5 Å². The summed E-state index contributed by atoms with van der Waals surface area (Å²) in [6.07, 6.45) is 1.72. The third-order valence-electron chi connectivity index (χ3n) is 4.52. The van der Waals surface area contributed by atoms with Crippen molar-refractivity contribution in [2.75, 3.05) is 6.61 Å². The van der Waals surface area contributed by atoms with Gasteiger partial charge >= 0.3 is 0 Å². The molecule has 4 nitrogen and oxygen atoms in total. The summed E-state index contributed by atoms with van der Waals surface area (Å²) in [4.78, 5) is 24.8. The van der Waals surface area contributed by atoms with Crippen LogP contribution >= 0.6 is 11.6 Å². The van der Waals surface area contributed by atoms with E-state index >= 15 is 0 Å². The highest BCUT2D eigenvalue weighted by molar-refractivity contribution is 6.30. The summed E-state index contributed by atoms with van der Waals surface area (Å²) >= 11 is 5.84. The molecule has 1 aliphatic rings. The average molecular weight is 405 g/mol. The molecular weight excluding hydrogens is 388 g/mol. The Kier molecular flexibility index (Phi) is 5.19. The van der Waals surface area contributed by atoms with Gasteiger partial charge in [-0.05, 0) is 55.0 Å². The number of rotatable bonds is 5. The highest BCUT2D eigenvalue weighted by Gasteiger charge is 2.27. The van der Waals surface area contributed by atoms with Crippen LogP contribution in [0, 0.1) is 6.92 Å². The van der Waals surface area contributed by atoms with E-state index in [2.05, 4.69) is 0 Å². The van der Waals surface area contributed by atoms with Crippen molar-refractivity contribution in [1.82, 2.24) is 0 Å². The predicted molar refractivity (Wildman–Crippen MR) is 112 cm³/mol. The summed E-state index contributed by atoms with van der Waals surface area (Å²) in [5.41, 5.74) is 2.99. The summed E-state index contributed by atoms with van der Waals surface area (Å²) in [5.74, 6) is 0.797. The molecule has 0 N–H and O–H groups in total. The number of Topliss-reactive ketones (excluding diaryl/α,β-unsaturated/α-hetero) is 2. The van der Waals surface area contributed by atoms with E-state index < -0.39 is 0 Å².